The zero-order chi connectivity index (χ0) is 15.4. The van der Waals surface area contributed by atoms with E-state index in [4.69, 9.17) is 4.74 Å². The molecule has 1 heteroatoms. The van der Waals surface area contributed by atoms with Crippen molar-refractivity contribution in [1.29, 1.82) is 0 Å². The molecule has 120 valence electrons. The van der Waals surface area contributed by atoms with Gasteiger partial charge in [0, 0.05) is 0 Å². The predicted molar refractivity (Wildman–Crippen MR) is 92.8 cm³/mol. The molecular weight excluding hydrogens is 256 g/mol. The number of benzene rings is 1. The maximum atomic E-state index is 6.08. The fraction of sp³-hybridized carbons (Fsp3) is 0.700. The Balaban J connectivity index is 2.04. The monoisotopic (exact) mass is 290 g/mol. The van der Waals surface area contributed by atoms with Crippen molar-refractivity contribution in [2.24, 2.45) is 0 Å². The summed E-state index contributed by atoms with van der Waals surface area (Å²) in [5.74, 6) is 0. The highest BCUT2D eigenvalue weighted by molar-refractivity contribution is 5.14. The molecule has 1 nitrogen and oxygen atoms in total. The first-order valence-electron chi connectivity index (χ1n) is 8.82. The van der Waals surface area contributed by atoms with Gasteiger partial charge in [-0.2, -0.15) is 0 Å². The van der Waals surface area contributed by atoms with E-state index in [-0.39, 0.29) is 5.60 Å². The molecule has 0 aliphatic rings. The van der Waals surface area contributed by atoms with Gasteiger partial charge in [0.25, 0.3) is 0 Å². The fourth-order valence-corrected chi connectivity index (χ4v) is 2.67. The van der Waals surface area contributed by atoms with Crippen LogP contribution in [0.15, 0.2) is 30.3 Å². The third-order valence-corrected chi connectivity index (χ3v) is 4.11. The molecule has 1 aromatic carbocycles. The minimum absolute atomic E-state index is 0.0260. The quantitative estimate of drug-likeness (QED) is 0.418. The van der Waals surface area contributed by atoms with Gasteiger partial charge in [-0.15, -0.1) is 0 Å². The van der Waals surface area contributed by atoms with Crippen LogP contribution in [0.5, 0.6) is 0 Å². The van der Waals surface area contributed by atoms with E-state index in [1.54, 1.807) is 0 Å². The van der Waals surface area contributed by atoms with Gasteiger partial charge in [-0.1, -0.05) is 82.2 Å². The molecule has 0 heterocycles. The minimum Gasteiger partial charge on any atom is -0.375 e. The SMILES string of the molecule is CCCCCCCCCC(C)(C)OCCc1ccccc1. The molecule has 0 radical (unpaired) electrons. The molecule has 21 heavy (non-hydrogen) atoms. The summed E-state index contributed by atoms with van der Waals surface area (Å²) < 4.78 is 6.08. The van der Waals surface area contributed by atoms with E-state index in [0.29, 0.717) is 0 Å². The number of hydrogen-bond acceptors (Lipinski definition) is 1. The number of unbranched alkanes of at least 4 members (excludes halogenated alkanes) is 6. The number of ether oxygens (including phenoxy) is 1. The molecule has 1 aromatic rings. The summed E-state index contributed by atoms with van der Waals surface area (Å²) in [6, 6.07) is 10.6. The second-order valence-electron chi connectivity index (χ2n) is 6.72. The maximum absolute atomic E-state index is 6.08. The lowest BCUT2D eigenvalue weighted by molar-refractivity contribution is -0.0234. The van der Waals surface area contributed by atoms with Gasteiger partial charge < -0.3 is 4.74 Å². The average Bonchev–Trinajstić information content (AvgIpc) is 2.47. The molecular formula is C20H34O. The third kappa shape index (κ3) is 9.68. The summed E-state index contributed by atoms with van der Waals surface area (Å²) in [6.07, 6.45) is 11.8. The Kier molecular flexibility index (Phi) is 9.41. The molecule has 0 saturated heterocycles. The van der Waals surface area contributed by atoms with Gasteiger partial charge in [0.2, 0.25) is 0 Å². The standard InChI is InChI=1S/C20H34O/c1-4-5-6-7-8-9-13-17-20(2,3)21-18-16-19-14-11-10-12-15-19/h10-12,14-15H,4-9,13,16-18H2,1-3H3. The van der Waals surface area contributed by atoms with Crippen molar-refractivity contribution < 1.29 is 4.74 Å². The van der Waals surface area contributed by atoms with Crippen LogP contribution in [0.1, 0.15) is 77.7 Å². The van der Waals surface area contributed by atoms with Crippen LogP contribution in [-0.2, 0) is 11.2 Å². The van der Waals surface area contributed by atoms with Gasteiger partial charge in [0.15, 0.2) is 0 Å². The Morgan fingerprint density at radius 1 is 0.857 bits per heavy atom. The Labute approximate surface area is 132 Å². The molecule has 0 aromatic heterocycles. The molecule has 0 saturated carbocycles. The first-order valence-corrected chi connectivity index (χ1v) is 8.82. The van der Waals surface area contributed by atoms with E-state index in [9.17, 15) is 0 Å². The van der Waals surface area contributed by atoms with Crippen molar-refractivity contribution in [3.63, 3.8) is 0 Å². The minimum atomic E-state index is 0.0260. The van der Waals surface area contributed by atoms with Crippen LogP contribution >= 0.6 is 0 Å². The van der Waals surface area contributed by atoms with Crippen LogP contribution < -0.4 is 0 Å². The highest BCUT2D eigenvalue weighted by Gasteiger charge is 2.17. The Bertz CT molecular complexity index is 342. The van der Waals surface area contributed by atoms with Gasteiger partial charge in [-0.25, -0.2) is 0 Å². The highest BCUT2D eigenvalue weighted by atomic mass is 16.5. The summed E-state index contributed by atoms with van der Waals surface area (Å²) >= 11 is 0. The smallest absolute Gasteiger partial charge is 0.0626 e. The van der Waals surface area contributed by atoms with E-state index in [1.807, 2.05) is 0 Å². The topological polar surface area (TPSA) is 9.23 Å². The van der Waals surface area contributed by atoms with E-state index in [2.05, 4.69) is 51.1 Å². The zero-order valence-corrected chi connectivity index (χ0v) is 14.4. The van der Waals surface area contributed by atoms with Gasteiger partial charge in [-0.05, 0) is 32.3 Å². The fourth-order valence-electron chi connectivity index (χ4n) is 2.67. The molecule has 0 aliphatic carbocycles. The molecule has 1 rings (SSSR count). The molecule has 0 N–H and O–H groups in total. The summed E-state index contributed by atoms with van der Waals surface area (Å²) in [7, 11) is 0. The first kappa shape index (κ1) is 18.2. The maximum Gasteiger partial charge on any atom is 0.0626 e. The summed E-state index contributed by atoms with van der Waals surface area (Å²) in [6.45, 7) is 7.56. The Hall–Kier alpha value is -0.820. The summed E-state index contributed by atoms with van der Waals surface area (Å²) in [5.41, 5.74) is 1.39. The van der Waals surface area contributed by atoms with Crippen LogP contribution in [0.4, 0.5) is 0 Å². The molecule has 0 aliphatic heterocycles. The largest absolute Gasteiger partial charge is 0.375 e. The van der Waals surface area contributed by atoms with Crippen molar-refractivity contribution >= 4 is 0 Å². The van der Waals surface area contributed by atoms with Crippen LogP contribution in [0.25, 0.3) is 0 Å². The second-order valence-corrected chi connectivity index (χ2v) is 6.72. The van der Waals surface area contributed by atoms with E-state index < -0.39 is 0 Å². The number of hydrogen-bond donors (Lipinski definition) is 0. The van der Waals surface area contributed by atoms with Crippen molar-refractivity contribution in [1.82, 2.24) is 0 Å². The third-order valence-electron chi connectivity index (χ3n) is 4.11. The lowest BCUT2D eigenvalue weighted by atomic mass is 9.99. The lowest BCUT2D eigenvalue weighted by Crippen LogP contribution is -2.25. The molecule has 0 bridgehead atoms. The average molecular weight is 290 g/mol. The highest BCUT2D eigenvalue weighted by Crippen LogP contribution is 2.20. The van der Waals surface area contributed by atoms with Crippen LogP contribution in [0.3, 0.4) is 0 Å². The molecule has 0 spiro atoms. The summed E-state index contributed by atoms with van der Waals surface area (Å²) in [5, 5.41) is 0. The van der Waals surface area contributed by atoms with Crippen LogP contribution in [0, 0.1) is 0 Å². The Morgan fingerprint density at radius 2 is 1.48 bits per heavy atom. The van der Waals surface area contributed by atoms with Crippen molar-refractivity contribution in [3.05, 3.63) is 35.9 Å². The van der Waals surface area contributed by atoms with Crippen LogP contribution in [0.2, 0.25) is 0 Å². The van der Waals surface area contributed by atoms with Crippen molar-refractivity contribution in [2.45, 2.75) is 84.2 Å². The zero-order valence-electron chi connectivity index (χ0n) is 14.4. The normalized spacial score (nSPS) is 11.8. The molecule has 0 fully saturated rings. The van der Waals surface area contributed by atoms with Gasteiger partial charge in [-0.3, -0.25) is 0 Å². The van der Waals surface area contributed by atoms with Gasteiger partial charge in [0.05, 0.1) is 12.2 Å². The van der Waals surface area contributed by atoms with Gasteiger partial charge in [0.1, 0.15) is 0 Å². The summed E-state index contributed by atoms with van der Waals surface area (Å²) in [4.78, 5) is 0. The van der Waals surface area contributed by atoms with Crippen molar-refractivity contribution in [3.8, 4) is 0 Å². The van der Waals surface area contributed by atoms with Crippen molar-refractivity contribution in [2.75, 3.05) is 6.61 Å². The molecule has 0 atom stereocenters. The van der Waals surface area contributed by atoms with E-state index >= 15 is 0 Å². The second kappa shape index (κ2) is 10.8. The van der Waals surface area contributed by atoms with E-state index in [1.165, 1.54) is 56.9 Å². The van der Waals surface area contributed by atoms with Crippen LogP contribution in [-0.4, -0.2) is 12.2 Å². The Morgan fingerprint density at radius 3 is 2.14 bits per heavy atom. The van der Waals surface area contributed by atoms with E-state index in [0.717, 1.165) is 13.0 Å². The first-order chi connectivity index (χ1) is 10.1. The predicted octanol–water partition coefficient (Wildman–Crippen LogP) is 6.17. The van der Waals surface area contributed by atoms with Gasteiger partial charge >= 0.3 is 0 Å². The molecule has 0 amide bonds. The number of rotatable bonds is 12. The lowest BCUT2D eigenvalue weighted by Gasteiger charge is -2.25. The molecule has 0 unspecified atom stereocenters.